The van der Waals surface area contributed by atoms with Crippen LogP contribution < -0.4 is 15.6 Å². The first kappa shape index (κ1) is 22.7. The van der Waals surface area contributed by atoms with Crippen LogP contribution in [0.5, 0.6) is 5.75 Å². The molecule has 0 radical (unpaired) electrons. The van der Waals surface area contributed by atoms with E-state index in [1.807, 2.05) is 30.3 Å². The van der Waals surface area contributed by atoms with E-state index < -0.39 is 35.8 Å². The molecule has 1 N–H and O–H groups in total. The summed E-state index contributed by atoms with van der Waals surface area (Å²) in [6, 6.07) is 14.8. The predicted octanol–water partition coefficient (Wildman–Crippen LogP) is 1.96. The number of hydrogen-bond donors (Lipinski definition) is 1. The molecule has 1 aromatic heterocycles. The van der Waals surface area contributed by atoms with Crippen LogP contribution in [-0.4, -0.2) is 41.9 Å². The van der Waals surface area contributed by atoms with Crippen LogP contribution >= 0.6 is 0 Å². The molecule has 1 amide bonds. The number of ether oxygens (including phenoxy) is 2. The van der Waals surface area contributed by atoms with E-state index in [1.54, 1.807) is 0 Å². The maximum Gasteiger partial charge on any atom is 0.328 e. The fourth-order valence-corrected chi connectivity index (χ4v) is 3.14. The molecule has 0 aliphatic carbocycles. The SMILES string of the molecule is COC(=O)C(Cc1ccccc1)NC(=O)Cn1nc(-c2ccc(F)cc2OC)ccc1=O. The molecule has 0 aliphatic rings. The molecule has 166 valence electrons. The van der Waals surface area contributed by atoms with E-state index in [0.717, 1.165) is 10.2 Å². The maximum absolute atomic E-state index is 13.5. The van der Waals surface area contributed by atoms with Gasteiger partial charge in [-0.2, -0.15) is 5.10 Å². The molecule has 0 saturated carbocycles. The average Bonchev–Trinajstić information content (AvgIpc) is 2.80. The summed E-state index contributed by atoms with van der Waals surface area (Å²) in [6.45, 7) is -0.418. The van der Waals surface area contributed by atoms with E-state index in [9.17, 15) is 18.8 Å². The van der Waals surface area contributed by atoms with Gasteiger partial charge >= 0.3 is 5.97 Å². The molecular formula is C23H22FN3O5. The Hall–Kier alpha value is -4.01. The Balaban J connectivity index is 1.80. The summed E-state index contributed by atoms with van der Waals surface area (Å²) in [4.78, 5) is 37.0. The molecule has 3 aromatic rings. The minimum absolute atomic E-state index is 0.231. The highest BCUT2D eigenvalue weighted by Crippen LogP contribution is 2.28. The third-order valence-corrected chi connectivity index (χ3v) is 4.70. The second-order valence-electron chi connectivity index (χ2n) is 6.89. The number of carbonyl (C=O) groups is 2. The average molecular weight is 439 g/mol. The van der Waals surface area contributed by atoms with Crippen molar-refractivity contribution in [2.75, 3.05) is 14.2 Å². The number of amides is 1. The largest absolute Gasteiger partial charge is 0.496 e. The Bertz CT molecular complexity index is 1160. The fraction of sp³-hybridized carbons (Fsp3) is 0.217. The lowest BCUT2D eigenvalue weighted by Crippen LogP contribution is -2.45. The van der Waals surface area contributed by atoms with Crippen LogP contribution in [0.15, 0.2) is 65.5 Å². The molecule has 32 heavy (non-hydrogen) atoms. The first-order valence-corrected chi connectivity index (χ1v) is 9.74. The summed E-state index contributed by atoms with van der Waals surface area (Å²) in [5, 5.41) is 6.80. The minimum atomic E-state index is -0.925. The Morgan fingerprint density at radius 2 is 1.84 bits per heavy atom. The van der Waals surface area contributed by atoms with Crippen molar-refractivity contribution in [1.29, 1.82) is 0 Å². The molecule has 9 heteroatoms. The Labute approximate surface area is 183 Å². The van der Waals surface area contributed by atoms with E-state index in [0.29, 0.717) is 11.3 Å². The third kappa shape index (κ3) is 5.57. The van der Waals surface area contributed by atoms with Crippen LogP contribution in [0.3, 0.4) is 0 Å². The molecule has 0 bridgehead atoms. The molecule has 8 nitrogen and oxygen atoms in total. The number of aromatic nitrogens is 2. The fourth-order valence-electron chi connectivity index (χ4n) is 3.14. The third-order valence-electron chi connectivity index (χ3n) is 4.70. The predicted molar refractivity (Wildman–Crippen MR) is 115 cm³/mol. The summed E-state index contributed by atoms with van der Waals surface area (Å²) in [7, 11) is 2.62. The zero-order valence-corrected chi connectivity index (χ0v) is 17.6. The van der Waals surface area contributed by atoms with Crippen LogP contribution in [0.25, 0.3) is 11.3 Å². The summed E-state index contributed by atoms with van der Waals surface area (Å²) >= 11 is 0. The molecule has 0 aliphatic heterocycles. The van der Waals surface area contributed by atoms with Gasteiger partial charge in [-0.3, -0.25) is 9.59 Å². The molecule has 0 spiro atoms. The summed E-state index contributed by atoms with van der Waals surface area (Å²) in [5.74, 6) is -1.44. The van der Waals surface area contributed by atoms with Crippen LogP contribution in [0, 0.1) is 5.82 Å². The molecule has 0 fully saturated rings. The van der Waals surface area contributed by atoms with Crippen molar-refractivity contribution < 1.29 is 23.5 Å². The highest BCUT2D eigenvalue weighted by molar-refractivity contribution is 5.84. The number of esters is 1. The van der Waals surface area contributed by atoms with Crippen molar-refractivity contribution in [2.45, 2.75) is 19.0 Å². The lowest BCUT2D eigenvalue weighted by molar-refractivity contribution is -0.145. The first-order chi connectivity index (χ1) is 15.4. The zero-order valence-electron chi connectivity index (χ0n) is 17.6. The number of benzene rings is 2. The number of rotatable bonds is 8. The number of hydrogen-bond acceptors (Lipinski definition) is 6. The van der Waals surface area contributed by atoms with Crippen molar-refractivity contribution in [2.24, 2.45) is 0 Å². The Kier molecular flexibility index (Phi) is 7.33. The summed E-state index contributed by atoms with van der Waals surface area (Å²) < 4.78 is 24.4. The lowest BCUT2D eigenvalue weighted by atomic mass is 10.1. The van der Waals surface area contributed by atoms with Crippen molar-refractivity contribution in [3.63, 3.8) is 0 Å². The Morgan fingerprint density at radius 3 is 2.53 bits per heavy atom. The molecule has 1 heterocycles. The van der Waals surface area contributed by atoms with E-state index in [-0.39, 0.29) is 12.2 Å². The van der Waals surface area contributed by atoms with Gasteiger partial charge in [-0.1, -0.05) is 30.3 Å². The van der Waals surface area contributed by atoms with Crippen molar-refractivity contribution in [3.8, 4) is 17.0 Å². The van der Waals surface area contributed by atoms with Crippen LogP contribution in [0.1, 0.15) is 5.56 Å². The van der Waals surface area contributed by atoms with Gasteiger partial charge in [-0.05, 0) is 23.8 Å². The van der Waals surface area contributed by atoms with Gasteiger partial charge < -0.3 is 14.8 Å². The highest BCUT2D eigenvalue weighted by atomic mass is 19.1. The summed E-state index contributed by atoms with van der Waals surface area (Å²) in [6.07, 6.45) is 0.231. The Morgan fingerprint density at radius 1 is 1.09 bits per heavy atom. The van der Waals surface area contributed by atoms with Gasteiger partial charge in [0.15, 0.2) is 0 Å². The van der Waals surface area contributed by atoms with E-state index in [4.69, 9.17) is 9.47 Å². The zero-order chi connectivity index (χ0) is 23.1. The van der Waals surface area contributed by atoms with Crippen molar-refractivity contribution in [3.05, 3.63) is 82.4 Å². The molecule has 1 unspecified atom stereocenters. The van der Waals surface area contributed by atoms with E-state index in [2.05, 4.69) is 10.4 Å². The second kappa shape index (κ2) is 10.3. The monoisotopic (exact) mass is 439 g/mol. The van der Waals surface area contributed by atoms with Gasteiger partial charge in [-0.15, -0.1) is 0 Å². The molecule has 0 saturated heterocycles. The van der Waals surface area contributed by atoms with Crippen molar-refractivity contribution in [1.82, 2.24) is 15.1 Å². The van der Waals surface area contributed by atoms with Crippen LogP contribution in [0.2, 0.25) is 0 Å². The number of nitrogens with one attached hydrogen (secondary N) is 1. The highest BCUT2D eigenvalue weighted by Gasteiger charge is 2.22. The molecule has 2 aromatic carbocycles. The number of halogens is 1. The lowest BCUT2D eigenvalue weighted by Gasteiger charge is -2.17. The summed E-state index contributed by atoms with van der Waals surface area (Å²) in [5.41, 5.74) is 1.11. The topological polar surface area (TPSA) is 99.5 Å². The number of carbonyl (C=O) groups excluding carboxylic acids is 2. The van der Waals surface area contributed by atoms with Gasteiger partial charge in [0.1, 0.15) is 24.2 Å². The maximum atomic E-state index is 13.5. The normalized spacial score (nSPS) is 11.5. The molecular weight excluding hydrogens is 417 g/mol. The quantitative estimate of drug-likeness (QED) is 0.539. The van der Waals surface area contributed by atoms with Gasteiger partial charge in [0.05, 0.1) is 19.9 Å². The number of methoxy groups -OCH3 is 2. The van der Waals surface area contributed by atoms with Crippen LogP contribution in [0.4, 0.5) is 4.39 Å². The van der Waals surface area contributed by atoms with E-state index >= 15 is 0 Å². The number of nitrogens with zero attached hydrogens (tertiary/aromatic N) is 2. The first-order valence-electron chi connectivity index (χ1n) is 9.74. The second-order valence-corrected chi connectivity index (χ2v) is 6.89. The van der Waals surface area contributed by atoms with Gasteiger partial charge in [0.25, 0.3) is 5.56 Å². The standard InChI is InChI=1S/C23H22FN3O5/c1-31-20-13-16(24)8-9-17(20)18-10-11-22(29)27(26-18)14-21(28)25-19(23(30)32-2)12-15-6-4-3-5-7-15/h3-11,13,19H,12,14H2,1-2H3,(H,25,28). The van der Waals surface area contributed by atoms with Gasteiger partial charge in [0, 0.05) is 24.1 Å². The molecule has 3 rings (SSSR count). The van der Waals surface area contributed by atoms with Gasteiger partial charge in [0.2, 0.25) is 5.91 Å². The van der Waals surface area contributed by atoms with Gasteiger partial charge in [-0.25, -0.2) is 13.9 Å². The molecule has 1 atom stereocenters. The minimum Gasteiger partial charge on any atom is -0.496 e. The van der Waals surface area contributed by atoms with E-state index in [1.165, 1.54) is 44.6 Å². The smallest absolute Gasteiger partial charge is 0.328 e. The van der Waals surface area contributed by atoms with Crippen molar-refractivity contribution >= 4 is 11.9 Å². The van der Waals surface area contributed by atoms with Crippen LogP contribution in [-0.2, 0) is 27.3 Å².